The zero-order chi connectivity index (χ0) is 26.7. The van der Waals surface area contributed by atoms with Crippen molar-refractivity contribution in [3.05, 3.63) is 29.8 Å². The summed E-state index contributed by atoms with van der Waals surface area (Å²) in [6.07, 6.45) is 21.8. The first-order valence-corrected chi connectivity index (χ1v) is 16.4. The third-order valence-electron chi connectivity index (χ3n) is 7.10. The quantitative estimate of drug-likeness (QED) is 0.122. The summed E-state index contributed by atoms with van der Waals surface area (Å²) in [5, 5.41) is 0. The number of aliphatic imine (C=N–C) groups is 1. The average molecular weight is 521 g/mol. The van der Waals surface area contributed by atoms with Crippen LogP contribution in [0.15, 0.2) is 34.2 Å². The van der Waals surface area contributed by atoms with Crippen LogP contribution in [0.25, 0.3) is 0 Å². The highest BCUT2D eigenvalue weighted by atomic mass is 32.2. The third-order valence-corrected chi connectivity index (χ3v) is 8.56. The Bertz CT molecular complexity index is 800. The summed E-state index contributed by atoms with van der Waals surface area (Å²) >= 11 is 0. The lowest BCUT2D eigenvalue weighted by atomic mass is 10.0. The molecular formula is C31H56N2O2S. The van der Waals surface area contributed by atoms with E-state index in [1.54, 1.807) is 12.1 Å². The lowest BCUT2D eigenvalue weighted by molar-refractivity contribution is 0.522. The molecule has 0 radical (unpaired) electrons. The smallest absolute Gasteiger partial charge is 0.241 e. The van der Waals surface area contributed by atoms with E-state index in [1.807, 2.05) is 39.8 Å². The first-order chi connectivity index (χ1) is 17.3. The monoisotopic (exact) mass is 520 g/mol. The van der Waals surface area contributed by atoms with E-state index in [9.17, 15) is 8.42 Å². The van der Waals surface area contributed by atoms with Crippen molar-refractivity contribution in [1.29, 1.82) is 0 Å². The molecule has 5 heteroatoms. The molecule has 0 saturated heterocycles. The van der Waals surface area contributed by atoms with Gasteiger partial charge in [-0.2, -0.15) is 0 Å². The second kappa shape index (κ2) is 19.9. The Morgan fingerprint density at radius 2 is 1.17 bits per heavy atom. The molecule has 1 N–H and O–H groups in total. The molecule has 0 aliphatic heterocycles. The molecular weight excluding hydrogens is 464 g/mol. The summed E-state index contributed by atoms with van der Waals surface area (Å²) in [6, 6.07) is 6.71. The standard InChI is InChI=1S/C31H56N2O2S/c1-6-7-8-9-10-11-12-13-14-15-16-17-18-19-20-21-26-32-29(5)31(27(2)3)33-36(34,35)30-24-22-28(4)23-25-30/h22-25,27,31,33H,6-21,26H2,1-5H3. The van der Waals surface area contributed by atoms with E-state index >= 15 is 0 Å². The molecule has 0 aliphatic rings. The molecule has 36 heavy (non-hydrogen) atoms. The fraction of sp³-hybridized carbons (Fsp3) is 0.774. The molecule has 0 heterocycles. The Balaban J connectivity index is 2.15. The maximum absolute atomic E-state index is 12.8. The van der Waals surface area contributed by atoms with E-state index in [0.717, 1.165) is 24.2 Å². The number of unbranched alkanes of at least 4 members (excludes halogenated alkanes) is 15. The van der Waals surface area contributed by atoms with Gasteiger partial charge >= 0.3 is 0 Å². The zero-order valence-electron chi connectivity index (χ0n) is 24.2. The van der Waals surface area contributed by atoms with E-state index in [0.29, 0.717) is 4.90 Å². The van der Waals surface area contributed by atoms with Crippen molar-refractivity contribution in [2.24, 2.45) is 10.9 Å². The van der Waals surface area contributed by atoms with Gasteiger partial charge in [-0.3, -0.25) is 4.99 Å². The lowest BCUT2D eigenvalue weighted by Gasteiger charge is -2.22. The van der Waals surface area contributed by atoms with Gasteiger partial charge in [-0.15, -0.1) is 0 Å². The minimum absolute atomic E-state index is 0.139. The molecule has 208 valence electrons. The van der Waals surface area contributed by atoms with Gasteiger partial charge in [0.2, 0.25) is 10.0 Å². The predicted molar refractivity (Wildman–Crippen MR) is 158 cm³/mol. The van der Waals surface area contributed by atoms with Crippen LogP contribution in [0.3, 0.4) is 0 Å². The van der Waals surface area contributed by atoms with Crippen molar-refractivity contribution in [1.82, 2.24) is 4.72 Å². The summed E-state index contributed by atoms with van der Waals surface area (Å²) < 4.78 is 28.5. The van der Waals surface area contributed by atoms with Crippen molar-refractivity contribution in [2.75, 3.05) is 6.54 Å². The van der Waals surface area contributed by atoms with Crippen LogP contribution in [-0.4, -0.2) is 26.7 Å². The molecule has 1 unspecified atom stereocenters. The maximum atomic E-state index is 12.8. The van der Waals surface area contributed by atoms with Crippen LogP contribution >= 0.6 is 0 Å². The Kier molecular flexibility index (Phi) is 18.1. The summed E-state index contributed by atoms with van der Waals surface area (Å²) in [5.74, 6) is 0.139. The van der Waals surface area contributed by atoms with Crippen LogP contribution in [0.1, 0.15) is 136 Å². The van der Waals surface area contributed by atoms with Gasteiger partial charge in [0, 0.05) is 12.3 Å². The Labute approximate surface area is 224 Å². The highest BCUT2D eigenvalue weighted by molar-refractivity contribution is 7.89. The number of nitrogens with zero attached hydrogens (tertiary/aromatic N) is 1. The summed E-state index contributed by atoms with van der Waals surface area (Å²) in [7, 11) is -3.56. The Morgan fingerprint density at radius 3 is 1.58 bits per heavy atom. The normalized spacial score (nSPS) is 13.4. The van der Waals surface area contributed by atoms with Crippen LogP contribution < -0.4 is 4.72 Å². The van der Waals surface area contributed by atoms with Gasteiger partial charge < -0.3 is 0 Å². The SMILES string of the molecule is CCCCCCCCCCCCCCCCCCN=C(C)C(NS(=O)(=O)c1ccc(C)cc1)C(C)C. The molecule has 0 aliphatic carbocycles. The Hall–Kier alpha value is -1.20. The topological polar surface area (TPSA) is 58.5 Å². The minimum Gasteiger partial charge on any atom is -0.293 e. The van der Waals surface area contributed by atoms with Crippen LogP contribution in [0.5, 0.6) is 0 Å². The summed E-state index contributed by atoms with van der Waals surface area (Å²) in [4.78, 5) is 5.04. The zero-order valence-corrected chi connectivity index (χ0v) is 25.0. The van der Waals surface area contributed by atoms with E-state index in [1.165, 1.54) is 96.3 Å². The second-order valence-corrected chi connectivity index (χ2v) is 12.7. The molecule has 1 aromatic rings. The molecule has 4 nitrogen and oxygen atoms in total. The largest absolute Gasteiger partial charge is 0.293 e. The number of aryl methyl sites for hydroxylation is 1. The molecule has 1 atom stereocenters. The fourth-order valence-corrected chi connectivity index (χ4v) is 6.08. The first-order valence-electron chi connectivity index (χ1n) is 14.9. The van der Waals surface area contributed by atoms with Gasteiger partial charge in [0.15, 0.2) is 0 Å². The van der Waals surface area contributed by atoms with E-state index < -0.39 is 10.0 Å². The first kappa shape index (κ1) is 32.8. The molecule has 0 spiro atoms. The lowest BCUT2D eigenvalue weighted by Crippen LogP contribution is -2.43. The molecule has 0 amide bonds. The highest BCUT2D eigenvalue weighted by Gasteiger charge is 2.24. The molecule has 1 aromatic carbocycles. The van der Waals surface area contributed by atoms with Crippen molar-refractivity contribution >= 4 is 15.7 Å². The van der Waals surface area contributed by atoms with Gasteiger partial charge in [0.05, 0.1) is 10.9 Å². The number of benzene rings is 1. The fourth-order valence-electron chi connectivity index (χ4n) is 4.67. The minimum atomic E-state index is -3.56. The van der Waals surface area contributed by atoms with E-state index in [2.05, 4.69) is 11.6 Å². The molecule has 1 rings (SSSR count). The van der Waals surface area contributed by atoms with Crippen molar-refractivity contribution in [3.63, 3.8) is 0 Å². The number of nitrogens with one attached hydrogen (secondary N) is 1. The van der Waals surface area contributed by atoms with Gasteiger partial charge in [0.25, 0.3) is 0 Å². The second-order valence-electron chi connectivity index (χ2n) is 11.0. The van der Waals surface area contributed by atoms with Crippen LogP contribution in [0.2, 0.25) is 0 Å². The van der Waals surface area contributed by atoms with Crippen LogP contribution in [-0.2, 0) is 10.0 Å². The highest BCUT2D eigenvalue weighted by Crippen LogP contribution is 2.15. The predicted octanol–water partition coefficient (Wildman–Crippen LogP) is 9.02. The van der Waals surface area contributed by atoms with Crippen molar-refractivity contribution < 1.29 is 8.42 Å². The van der Waals surface area contributed by atoms with Gasteiger partial charge in [0.1, 0.15) is 0 Å². The molecule has 0 saturated carbocycles. The van der Waals surface area contributed by atoms with Gasteiger partial charge in [-0.1, -0.05) is 135 Å². The third kappa shape index (κ3) is 15.1. The van der Waals surface area contributed by atoms with Crippen LogP contribution in [0.4, 0.5) is 0 Å². The van der Waals surface area contributed by atoms with Crippen molar-refractivity contribution in [3.8, 4) is 0 Å². The van der Waals surface area contributed by atoms with Gasteiger partial charge in [-0.05, 0) is 38.3 Å². The van der Waals surface area contributed by atoms with E-state index in [4.69, 9.17) is 4.99 Å². The Morgan fingerprint density at radius 1 is 0.750 bits per heavy atom. The summed E-state index contributed by atoms with van der Waals surface area (Å²) in [6.45, 7) is 11.0. The number of sulfonamides is 1. The van der Waals surface area contributed by atoms with Crippen molar-refractivity contribution in [2.45, 2.75) is 148 Å². The molecule has 0 fully saturated rings. The molecule has 0 bridgehead atoms. The van der Waals surface area contributed by atoms with Crippen LogP contribution in [0, 0.1) is 12.8 Å². The number of rotatable bonds is 22. The maximum Gasteiger partial charge on any atom is 0.241 e. The molecule has 0 aromatic heterocycles. The van der Waals surface area contributed by atoms with Gasteiger partial charge in [-0.25, -0.2) is 13.1 Å². The van der Waals surface area contributed by atoms with E-state index in [-0.39, 0.29) is 12.0 Å². The average Bonchev–Trinajstić information content (AvgIpc) is 2.84. The number of hydrogen-bond donors (Lipinski definition) is 1. The summed E-state index contributed by atoms with van der Waals surface area (Å²) in [5.41, 5.74) is 1.92. The number of hydrogen-bond acceptors (Lipinski definition) is 3.